The second kappa shape index (κ2) is 17.7. The normalized spacial score (nSPS) is 12.9. The van der Waals surface area contributed by atoms with Crippen molar-refractivity contribution in [2.45, 2.75) is 24.7 Å². The van der Waals surface area contributed by atoms with Crippen molar-refractivity contribution in [1.29, 1.82) is 5.26 Å². The lowest BCUT2D eigenvalue weighted by atomic mass is 9.87. The molecular weight excluding hydrogens is 1100 g/mol. The SMILES string of the molecule is N#Cc1c(-c2ccccc2)c(-n2c3ccc(C(F)(F)F)cc3c3cc(C(F)(F)F)ccc32)c(-n2c3ccccc3c3ccc4c5ccccc5sc4c32)c(-n2c3ccc(C(F)(F)F)cc3c3cc(C(F)(F)F)ccc32)c1-c1ccccc1. The molecule has 82 heavy (non-hydrogen) atoms. The Kier molecular flexibility index (Phi) is 11.0. The van der Waals surface area contributed by atoms with Gasteiger partial charge in [-0.05, 0) is 96.1 Å². The van der Waals surface area contributed by atoms with Crippen LogP contribution in [0, 0.1) is 11.3 Å². The summed E-state index contributed by atoms with van der Waals surface area (Å²) < 4.78 is 186. The van der Waals surface area contributed by atoms with Gasteiger partial charge in [-0.25, -0.2) is 0 Å². The summed E-state index contributed by atoms with van der Waals surface area (Å²) in [6, 6.07) is 49.2. The quantitative estimate of drug-likeness (QED) is 0.158. The van der Waals surface area contributed by atoms with Crippen LogP contribution in [0.15, 0.2) is 194 Å². The average Bonchev–Trinajstić information content (AvgIpc) is 2.03. The van der Waals surface area contributed by atoms with Crippen LogP contribution in [0.3, 0.4) is 0 Å². The van der Waals surface area contributed by atoms with Gasteiger partial charge in [-0.15, -0.1) is 11.3 Å². The summed E-state index contributed by atoms with van der Waals surface area (Å²) in [7, 11) is 0. The fraction of sp³-hybridized carbons (Fsp3) is 0.0615. The van der Waals surface area contributed by atoms with Crippen LogP contribution in [0.25, 0.3) is 125 Å². The first kappa shape index (κ1) is 50.7. The molecule has 0 atom stereocenters. The standard InChI is InChI=1S/C65H32F12N4S/c66-62(67,68)36-19-25-50-44(29-36)45-30-37(63(69,70)71)20-26-51(45)79(50)58-55(34-11-3-1-4-12-34)48(33-78)56(35-13-5-2-6-14-35)59(80-52-27-21-38(64(72,73)74)31-46(52)47-32-39(65(75,76)77)22-28-53(47)80)60(58)81-49-17-9-7-15-40(49)42-23-24-43-41-16-8-10-18-54(41)82-61(43)57(42)81/h1-32H. The largest absolute Gasteiger partial charge is 0.416 e. The minimum Gasteiger partial charge on any atom is -0.306 e. The van der Waals surface area contributed by atoms with Gasteiger partial charge in [-0.1, -0.05) is 109 Å². The van der Waals surface area contributed by atoms with E-state index in [1.165, 1.54) is 20.5 Å². The molecule has 0 saturated heterocycles. The minimum atomic E-state index is -4.98. The van der Waals surface area contributed by atoms with Crippen molar-refractivity contribution in [1.82, 2.24) is 13.7 Å². The van der Waals surface area contributed by atoms with Gasteiger partial charge in [0.2, 0.25) is 0 Å². The van der Waals surface area contributed by atoms with Crippen molar-refractivity contribution in [3.8, 4) is 45.4 Å². The number of nitrogens with zero attached hydrogens (tertiary/aromatic N) is 4. The van der Waals surface area contributed by atoms with Gasteiger partial charge >= 0.3 is 24.7 Å². The van der Waals surface area contributed by atoms with E-state index in [4.69, 9.17) is 0 Å². The summed E-state index contributed by atoms with van der Waals surface area (Å²) in [6.07, 6.45) is -19.9. The highest BCUT2D eigenvalue weighted by molar-refractivity contribution is 7.26. The van der Waals surface area contributed by atoms with Crippen molar-refractivity contribution in [2.24, 2.45) is 0 Å². The summed E-state index contributed by atoms with van der Waals surface area (Å²) in [4.78, 5) is 0. The zero-order valence-electron chi connectivity index (χ0n) is 41.7. The summed E-state index contributed by atoms with van der Waals surface area (Å²) in [5.74, 6) is 0. The molecule has 4 aromatic heterocycles. The molecule has 0 aliphatic carbocycles. The molecule has 0 bridgehead atoms. The Balaban J connectivity index is 1.34. The topological polar surface area (TPSA) is 38.6 Å². The van der Waals surface area contributed by atoms with Gasteiger partial charge < -0.3 is 13.7 Å². The number of nitriles is 1. The van der Waals surface area contributed by atoms with Crippen molar-refractivity contribution in [3.05, 3.63) is 222 Å². The molecule has 4 heterocycles. The van der Waals surface area contributed by atoms with Crippen LogP contribution < -0.4 is 0 Å². The van der Waals surface area contributed by atoms with E-state index < -0.39 is 47.0 Å². The maximum absolute atomic E-state index is 14.9. The van der Waals surface area contributed by atoms with E-state index in [9.17, 15) is 57.9 Å². The maximum Gasteiger partial charge on any atom is 0.416 e. The highest BCUT2D eigenvalue weighted by Gasteiger charge is 2.39. The van der Waals surface area contributed by atoms with Gasteiger partial charge in [0.05, 0.1) is 82.7 Å². The van der Waals surface area contributed by atoms with E-state index in [0.29, 0.717) is 32.9 Å². The molecule has 0 radical (unpaired) electrons. The molecule has 0 spiro atoms. The van der Waals surface area contributed by atoms with E-state index in [1.807, 2.05) is 59.2 Å². The van der Waals surface area contributed by atoms with Crippen molar-refractivity contribution < 1.29 is 52.7 Å². The number of thiophene rings is 1. The molecule has 4 nitrogen and oxygen atoms in total. The average molecular weight is 1130 g/mol. The molecule has 17 heteroatoms. The Labute approximate surface area is 458 Å². The zero-order valence-corrected chi connectivity index (χ0v) is 42.5. The van der Waals surface area contributed by atoms with Crippen LogP contribution >= 0.6 is 11.3 Å². The number of benzene rings is 10. The molecule has 0 unspecified atom stereocenters. The number of fused-ring (bicyclic) bond motifs is 13. The summed E-state index contributed by atoms with van der Waals surface area (Å²) >= 11 is 1.44. The first-order chi connectivity index (χ1) is 39.2. The number of halogens is 12. The van der Waals surface area contributed by atoms with E-state index >= 15 is 0 Å². The Bertz CT molecular complexity index is 4690. The Morgan fingerprint density at radius 2 is 0.695 bits per heavy atom. The van der Waals surface area contributed by atoms with E-state index in [-0.39, 0.29) is 77.4 Å². The maximum atomic E-state index is 14.9. The second-order valence-corrected chi connectivity index (χ2v) is 20.9. The van der Waals surface area contributed by atoms with Gasteiger partial charge in [0.1, 0.15) is 6.07 Å². The van der Waals surface area contributed by atoms with E-state index in [0.717, 1.165) is 93.0 Å². The molecule has 14 aromatic rings. The highest BCUT2D eigenvalue weighted by Crippen LogP contribution is 2.54. The second-order valence-electron chi connectivity index (χ2n) is 19.9. The van der Waals surface area contributed by atoms with Crippen LogP contribution in [0.5, 0.6) is 0 Å². The predicted octanol–water partition coefficient (Wildman–Crippen LogP) is 20.6. The first-order valence-electron chi connectivity index (χ1n) is 25.3. The summed E-state index contributed by atoms with van der Waals surface area (Å²) in [5, 5.41) is 14.2. The molecular formula is C65H32F12N4S. The lowest BCUT2D eigenvalue weighted by Gasteiger charge is -2.29. The molecule has 0 N–H and O–H groups in total. The Morgan fingerprint density at radius 3 is 1.11 bits per heavy atom. The molecule has 0 aliphatic heterocycles. The van der Waals surface area contributed by atoms with Gasteiger partial charge in [0.25, 0.3) is 0 Å². The molecule has 0 saturated carbocycles. The lowest BCUT2D eigenvalue weighted by molar-refractivity contribution is -0.138. The van der Waals surface area contributed by atoms with Crippen LogP contribution in [-0.4, -0.2) is 13.7 Å². The van der Waals surface area contributed by atoms with Gasteiger partial charge in [-0.2, -0.15) is 57.9 Å². The Morgan fingerprint density at radius 1 is 0.329 bits per heavy atom. The summed E-state index contributed by atoms with van der Waals surface area (Å²) in [6.45, 7) is 0. The Hall–Kier alpha value is -9.53. The molecule has 10 aromatic carbocycles. The molecule has 14 rings (SSSR count). The summed E-state index contributed by atoms with van der Waals surface area (Å²) in [5.41, 5.74) is -2.80. The van der Waals surface area contributed by atoms with Crippen LogP contribution in [0.4, 0.5) is 52.7 Å². The smallest absolute Gasteiger partial charge is 0.306 e. The zero-order chi connectivity index (χ0) is 56.9. The van der Waals surface area contributed by atoms with Crippen LogP contribution in [0.1, 0.15) is 27.8 Å². The third-order valence-corrected chi connectivity index (χ3v) is 16.5. The number of hydrogen-bond acceptors (Lipinski definition) is 2. The fourth-order valence-electron chi connectivity index (χ4n) is 11.9. The number of hydrogen-bond donors (Lipinski definition) is 0. The van der Waals surface area contributed by atoms with Gasteiger partial charge in [0, 0.05) is 58.9 Å². The highest BCUT2D eigenvalue weighted by atomic mass is 32.1. The number of aromatic nitrogens is 3. The third kappa shape index (κ3) is 7.61. The minimum absolute atomic E-state index is 0.0199. The lowest BCUT2D eigenvalue weighted by Crippen LogP contribution is -2.14. The van der Waals surface area contributed by atoms with Crippen molar-refractivity contribution in [3.63, 3.8) is 0 Å². The van der Waals surface area contributed by atoms with Crippen LogP contribution in [-0.2, 0) is 24.7 Å². The predicted molar refractivity (Wildman–Crippen MR) is 298 cm³/mol. The molecule has 0 aliphatic rings. The first-order valence-corrected chi connectivity index (χ1v) is 26.1. The molecule has 0 fully saturated rings. The van der Waals surface area contributed by atoms with E-state index in [2.05, 4.69) is 6.07 Å². The molecule has 0 amide bonds. The van der Waals surface area contributed by atoms with Crippen LogP contribution in [0.2, 0.25) is 0 Å². The van der Waals surface area contributed by atoms with Crippen molar-refractivity contribution >= 4 is 96.9 Å². The number of rotatable bonds is 5. The monoisotopic (exact) mass is 1130 g/mol. The van der Waals surface area contributed by atoms with Crippen molar-refractivity contribution in [2.75, 3.05) is 0 Å². The molecule has 402 valence electrons. The number of para-hydroxylation sites is 1. The van der Waals surface area contributed by atoms with Gasteiger partial charge in [-0.3, -0.25) is 0 Å². The third-order valence-electron chi connectivity index (χ3n) is 15.3. The fourth-order valence-corrected chi connectivity index (χ4v) is 13.2. The van der Waals surface area contributed by atoms with Gasteiger partial charge in [0.15, 0.2) is 0 Å². The van der Waals surface area contributed by atoms with E-state index in [1.54, 1.807) is 66.7 Å². The number of alkyl halides is 12.